The van der Waals surface area contributed by atoms with Gasteiger partial charge >= 0.3 is 0 Å². The largest absolute Gasteiger partial charge is 0.348 e. The topological polar surface area (TPSA) is 93.1 Å². The minimum atomic E-state index is -3.51. The van der Waals surface area contributed by atoms with E-state index in [2.05, 4.69) is 15.7 Å². The van der Waals surface area contributed by atoms with E-state index in [4.69, 9.17) is 0 Å². The predicted octanol–water partition coefficient (Wildman–Crippen LogP) is 1.04. The molecule has 1 aromatic heterocycles. The van der Waals surface area contributed by atoms with Gasteiger partial charge < -0.3 is 10.6 Å². The van der Waals surface area contributed by atoms with Gasteiger partial charge in [-0.2, -0.15) is 9.19 Å². The molecule has 2 N–H and O–H groups in total. The summed E-state index contributed by atoms with van der Waals surface area (Å²) < 4.78 is 24.9. The van der Waals surface area contributed by atoms with Crippen molar-refractivity contribution < 1.29 is 13.2 Å². The number of carbonyl (C=O) groups excluding carboxylic acids is 1. The Bertz CT molecular complexity index is 720. The van der Waals surface area contributed by atoms with E-state index < -0.39 is 10.0 Å². The molecule has 0 spiro atoms. The monoisotopic (exact) mass is 354 g/mol. The minimum Gasteiger partial charge on any atom is -0.348 e. The Balaban J connectivity index is 1.83. The normalized spacial score (nSPS) is 20.4. The van der Waals surface area contributed by atoms with Gasteiger partial charge in [0.25, 0.3) is 15.9 Å². The average Bonchev–Trinajstić information content (AvgIpc) is 2.95. The van der Waals surface area contributed by atoms with Crippen LogP contribution >= 0.6 is 0 Å². The summed E-state index contributed by atoms with van der Waals surface area (Å²) in [5.41, 5.74) is 1.58. The Morgan fingerprint density at radius 3 is 2.71 bits per heavy atom. The van der Waals surface area contributed by atoms with Gasteiger partial charge in [-0.15, -0.1) is 0 Å². The minimum absolute atomic E-state index is 0.0772. The number of hydrogen-bond donors (Lipinski definition) is 2. The number of nitrogens with one attached hydrogen (secondary N) is 2. The number of nitrogens with zero attached hydrogens (tertiary/aromatic N) is 2. The Kier molecular flexibility index (Phi) is 4.96. The van der Waals surface area contributed by atoms with Gasteiger partial charge in [0.05, 0.1) is 11.9 Å². The maximum absolute atomic E-state index is 12.7. The van der Waals surface area contributed by atoms with Crippen molar-refractivity contribution >= 4 is 15.9 Å². The van der Waals surface area contributed by atoms with E-state index in [1.807, 2.05) is 6.92 Å². The fraction of sp³-hybridized carbons (Fsp3) is 0.750. The highest BCUT2D eigenvalue weighted by Gasteiger charge is 2.30. The van der Waals surface area contributed by atoms with Gasteiger partial charge in [0.15, 0.2) is 5.69 Å². The van der Waals surface area contributed by atoms with E-state index in [-0.39, 0.29) is 17.6 Å². The predicted molar refractivity (Wildman–Crippen MR) is 91.4 cm³/mol. The molecular weight excluding hydrogens is 328 g/mol. The molecule has 1 saturated carbocycles. The summed E-state index contributed by atoms with van der Waals surface area (Å²) in [6, 6.07) is 0.0772. The second-order valence-corrected chi connectivity index (χ2v) is 8.78. The summed E-state index contributed by atoms with van der Waals surface area (Å²) in [5.74, 6) is 0.226. The molecule has 1 amide bonds. The zero-order valence-corrected chi connectivity index (χ0v) is 15.2. The Hall–Kier alpha value is -1.41. The number of aromatic nitrogens is 2. The molecule has 1 fully saturated rings. The summed E-state index contributed by atoms with van der Waals surface area (Å²) in [5, 5.41) is 10.4. The molecule has 0 radical (unpaired) electrons. The van der Waals surface area contributed by atoms with Crippen LogP contribution in [0.3, 0.4) is 0 Å². The molecule has 134 valence electrons. The van der Waals surface area contributed by atoms with Crippen LogP contribution < -0.4 is 10.6 Å². The summed E-state index contributed by atoms with van der Waals surface area (Å²) in [4.78, 5) is 12.7. The summed E-state index contributed by atoms with van der Waals surface area (Å²) >= 11 is 0. The van der Waals surface area contributed by atoms with E-state index in [0.717, 1.165) is 23.2 Å². The molecule has 0 aromatic carbocycles. The van der Waals surface area contributed by atoms with Crippen LogP contribution in [0.25, 0.3) is 0 Å². The molecule has 1 aliphatic heterocycles. The molecule has 1 aromatic rings. The number of carbonyl (C=O) groups is 1. The third kappa shape index (κ3) is 3.49. The maximum atomic E-state index is 12.7. The molecular formula is C16H26N4O3S. The van der Waals surface area contributed by atoms with Crippen LogP contribution in [0.15, 0.2) is 0 Å². The lowest BCUT2D eigenvalue weighted by molar-refractivity contribution is 0.0913. The first-order chi connectivity index (χ1) is 11.4. The van der Waals surface area contributed by atoms with E-state index in [1.165, 1.54) is 19.3 Å². The second kappa shape index (κ2) is 6.84. The van der Waals surface area contributed by atoms with Crippen molar-refractivity contribution in [1.29, 1.82) is 0 Å². The van der Waals surface area contributed by atoms with Crippen LogP contribution in [-0.4, -0.2) is 42.4 Å². The summed E-state index contributed by atoms with van der Waals surface area (Å²) in [6.45, 7) is 3.20. The lowest BCUT2D eigenvalue weighted by Gasteiger charge is -2.28. The molecule has 1 atom stereocenters. The fourth-order valence-corrected chi connectivity index (χ4v) is 4.63. The Labute approximate surface area is 143 Å². The molecule has 1 aliphatic carbocycles. The molecule has 3 rings (SSSR count). The Morgan fingerprint density at radius 1 is 1.33 bits per heavy atom. The lowest BCUT2D eigenvalue weighted by Crippen LogP contribution is -2.39. The molecule has 8 heteroatoms. The van der Waals surface area contributed by atoms with Crippen LogP contribution in [0, 0.1) is 5.92 Å². The first-order valence-electron chi connectivity index (χ1n) is 8.71. The zero-order chi connectivity index (χ0) is 17.3. The SMILES string of the molecule is C[C@@H](NC(=O)c1nn(S(C)(=O)=O)c2c1CNCC2)C1CCCCC1. The average molecular weight is 354 g/mol. The highest BCUT2D eigenvalue weighted by Crippen LogP contribution is 2.27. The third-order valence-electron chi connectivity index (χ3n) is 5.14. The number of fused-ring (bicyclic) bond motifs is 1. The van der Waals surface area contributed by atoms with Crippen molar-refractivity contribution in [3.8, 4) is 0 Å². The number of hydrogen-bond acceptors (Lipinski definition) is 5. The quantitative estimate of drug-likeness (QED) is 0.842. The highest BCUT2D eigenvalue weighted by molar-refractivity contribution is 7.89. The van der Waals surface area contributed by atoms with Gasteiger partial charge in [0.1, 0.15) is 0 Å². The summed E-state index contributed by atoms with van der Waals surface area (Å²) in [6.07, 6.45) is 7.65. The molecule has 2 heterocycles. The lowest BCUT2D eigenvalue weighted by atomic mass is 9.84. The van der Waals surface area contributed by atoms with Crippen molar-refractivity contribution in [3.05, 3.63) is 17.0 Å². The van der Waals surface area contributed by atoms with Gasteiger partial charge in [-0.1, -0.05) is 19.3 Å². The van der Waals surface area contributed by atoms with Gasteiger partial charge in [-0.05, 0) is 25.7 Å². The second-order valence-electron chi connectivity index (χ2n) is 6.97. The maximum Gasteiger partial charge on any atom is 0.272 e. The first kappa shape index (κ1) is 17.4. The van der Waals surface area contributed by atoms with Crippen LogP contribution in [0.1, 0.15) is 60.8 Å². The van der Waals surface area contributed by atoms with Crippen molar-refractivity contribution in [1.82, 2.24) is 19.8 Å². The van der Waals surface area contributed by atoms with Gasteiger partial charge in [-0.3, -0.25) is 4.79 Å². The highest BCUT2D eigenvalue weighted by atomic mass is 32.2. The van der Waals surface area contributed by atoms with Crippen molar-refractivity contribution in [2.24, 2.45) is 5.92 Å². The van der Waals surface area contributed by atoms with E-state index in [9.17, 15) is 13.2 Å². The molecule has 0 unspecified atom stereocenters. The van der Waals surface area contributed by atoms with E-state index >= 15 is 0 Å². The molecule has 0 saturated heterocycles. The zero-order valence-electron chi connectivity index (χ0n) is 14.3. The fourth-order valence-electron chi connectivity index (χ4n) is 3.80. The smallest absolute Gasteiger partial charge is 0.272 e. The van der Waals surface area contributed by atoms with Gasteiger partial charge in [0, 0.05) is 31.1 Å². The van der Waals surface area contributed by atoms with Crippen LogP contribution in [-0.2, 0) is 23.0 Å². The molecule has 0 bridgehead atoms. The van der Waals surface area contributed by atoms with E-state index in [1.54, 1.807) is 0 Å². The Morgan fingerprint density at radius 2 is 2.04 bits per heavy atom. The summed E-state index contributed by atoms with van der Waals surface area (Å²) in [7, 11) is -3.51. The van der Waals surface area contributed by atoms with Crippen molar-refractivity contribution in [2.45, 2.75) is 58.0 Å². The number of rotatable bonds is 4. The van der Waals surface area contributed by atoms with Crippen LogP contribution in [0.2, 0.25) is 0 Å². The van der Waals surface area contributed by atoms with Gasteiger partial charge in [-0.25, -0.2) is 8.42 Å². The molecule has 7 nitrogen and oxygen atoms in total. The van der Waals surface area contributed by atoms with Crippen LogP contribution in [0.4, 0.5) is 0 Å². The van der Waals surface area contributed by atoms with Crippen LogP contribution in [0.5, 0.6) is 0 Å². The third-order valence-corrected chi connectivity index (χ3v) is 6.07. The number of amides is 1. The standard InChI is InChI=1S/C16H26N4O3S/c1-11(12-6-4-3-5-7-12)18-16(21)15-13-10-17-9-8-14(13)20(19-15)24(2,22)23/h11-12,17H,3-10H2,1-2H3,(H,18,21)/t11-/m1/s1. The van der Waals surface area contributed by atoms with Gasteiger partial charge in [0.2, 0.25) is 0 Å². The first-order valence-corrected chi connectivity index (χ1v) is 10.6. The van der Waals surface area contributed by atoms with E-state index in [0.29, 0.717) is 36.7 Å². The molecule has 24 heavy (non-hydrogen) atoms. The molecule has 2 aliphatic rings. The van der Waals surface area contributed by atoms with Crippen molar-refractivity contribution in [2.75, 3.05) is 12.8 Å². The van der Waals surface area contributed by atoms with Crippen molar-refractivity contribution in [3.63, 3.8) is 0 Å².